The first kappa shape index (κ1) is 9.20. The zero-order valence-electron chi connectivity index (χ0n) is 6.72. The fraction of sp³-hybridized carbons (Fsp3) is 0.500. The largest absolute Gasteiger partial charge is 0.307 e. The van der Waals surface area contributed by atoms with Gasteiger partial charge >= 0.3 is 0 Å². The Hall–Kier alpha value is -0.885. The van der Waals surface area contributed by atoms with Gasteiger partial charge in [0.2, 0.25) is 7.41 Å². The van der Waals surface area contributed by atoms with Gasteiger partial charge in [-0.15, -0.1) is 10.2 Å². The lowest BCUT2D eigenvalue weighted by Gasteiger charge is -2.00. The van der Waals surface area contributed by atoms with Crippen LogP contribution < -0.4 is 4.63 Å². The van der Waals surface area contributed by atoms with Crippen molar-refractivity contribution in [3.8, 4) is 0 Å². The van der Waals surface area contributed by atoms with E-state index in [0.29, 0.717) is 0 Å². The Morgan fingerprint density at radius 3 is 2.75 bits per heavy atom. The van der Waals surface area contributed by atoms with Crippen LogP contribution in [0.1, 0.15) is 0 Å². The average molecular weight is 187 g/mol. The quantitative estimate of drug-likeness (QED) is 0.600. The molecule has 0 aliphatic rings. The van der Waals surface area contributed by atoms with Crippen LogP contribution in [0.4, 0.5) is 0 Å². The van der Waals surface area contributed by atoms with E-state index in [1.54, 1.807) is 13.9 Å². The van der Waals surface area contributed by atoms with Gasteiger partial charge in [0, 0.05) is 7.05 Å². The van der Waals surface area contributed by atoms with E-state index >= 15 is 0 Å². The number of hydrogen-bond acceptors (Lipinski definition) is 4. The van der Waals surface area contributed by atoms with Gasteiger partial charge in [0.25, 0.3) is 15.2 Å². The monoisotopic (exact) mass is 187 g/mol. The molecule has 65 valence electrons. The Bertz CT molecular complexity index is 359. The van der Waals surface area contributed by atoms with Gasteiger partial charge in [0.1, 0.15) is 6.33 Å². The summed E-state index contributed by atoms with van der Waals surface area (Å²) in [5.41, 5.74) is 0. The van der Waals surface area contributed by atoms with Gasteiger partial charge in [-0.25, -0.2) is 8.42 Å². The molecule has 1 aromatic heterocycles. The van der Waals surface area contributed by atoms with E-state index < -0.39 is 10.0 Å². The van der Waals surface area contributed by atoms with E-state index in [-0.39, 0.29) is 5.16 Å². The molecule has 0 atom stereocenters. The van der Waals surface area contributed by atoms with Crippen molar-refractivity contribution in [3.05, 3.63) is 6.33 Å². The number of nitrogens with one attached hydrogen (secondary N) is 1. The molecule has 0 fully saturated rings. The van der Waals surface area contributed by atoms with Crippen molar-refractivity contribution in [1.29, 1.82) is 0 Å². The van der Waals surface area contributed by atoms with Gasteiger partial charge in [-0.1, -0.05) is 6.82 Å². The molecule has 0 unspecified atom stereocenters. The van der Waals surface area contributed by atoms with Crippen LogP contribution in [0.15, 0.2) is 11.5 Å². The highest BCUT2D eigenvalue weighted by atomic mass is 32.2. The number of sulfonamides is 1. The Labute approximate surface area is 71.3 Å². The third-order valence-electron chi connectivity index (χ3n) is 1.18. The second-order valence-corrected chi connectivity index (χ2v) is 3.74. The van der Waals surface area contributed by atoms with Gasteiger partial charge in [-0.3, -0.25) is 4.63 Å². The van der Waals surface area contributed by atoms with E-state index in [4.69, 9.17) is 0 Å². The van der Waals surface area contributed by atoms with Crippen molar-refractivity contribution in [2.45, 2.75) is 12.0 Å². The van der Waals surface area contributed by atoms with Crippen LogP contribution >= 0.6 is 0 Å². The number of aromatic nitrogens is 3. The summed E-state index contributed by atoms with van der Waals surface area (Å²) in [5, 5.41) is 6.80. The summed E-state index contributed by atoms with van der Waals surface area (Å²) in [6.07, 6.45) is 1.32. The van der Waals surface area contributed by atoms with Crippen LogP contribution in [-0.2, 0) is 17.1 Å². The zero-order chi connectivity index (χ0) is 9.19. The van der Waals surface area contributed by atoms with Crippen molar-refractivity contribution in [3.63, 3.8) is 0 Å². The highest BCUT2D eigenvalue weighted by Crippen LogP contribution is 2.00. The van der Waals surface area contributed by atoms with Gasteiger partial charge in [0.15, 0.2) is 0 Å². The second kappa shape index (κ2) is 3.24. The zero-order valence-corrected chi connectivity index (χ0v) is 7.54. The summed E-state index contributed by atoms with van der Waals surface area (Å²) >= 11 is 0. The van der Waals surface area contributed by atoms with Crippen LogP contribution in [0.3, 0.4) is 0 Å². The van der Waals surface area contributed by atoms with Gasteiger partial charge < -0.3 is 4.57 Å². The van der Waals surface area contributed by atoms with Crippen LogP contribution in [0.25, 0.3) is 0 Å². The lowest BCUT2D eigenvalue weighted by Crippen LogP contribution is -2.27. The predicted molar refractivity (Wildman–Crippen MR) is 42.9 cm³/mol. The highest BCUT2D eigenvalue weighted by Gasteiger charge is 2.17. The third-order valence-corrected chi connectivity index (χ3v) is 2.58. The first-order chi connectivity index (χ1) is 5.58. The topological polar surface area (TPSA) is 76.9 Å². The summed E-state index contributed by atoms with van der Waals surface area (Å²) in [6, 6.07) is 0. The van der Waals surface area contributed by atoms with E-state index in [1.807, 2.05) is 0 Å². The van der Waals surface area contributed by atoms with E-state index in [9.17, 15) is 8.42 Å². The first-order valence-electron chi connectivity index (χ1n) is 3.22. The number of aryl methyl sites for hydroxylation is 1. The molecule has 1 aromatic rings. The molecule has 1 radical (unpaired) electrons. The van der Waals surface area contributed by atoms with Gasteiger partial charge in [-0.05, 0) is 0 Å². The molecule has 1 heterocycles. The molecule has 0 bridgehead atoms. The Morgan fingerprint density at radius 2 is 2.33 bits per heavy atom. The lowest BCUT2D eigenvalue weighted by molar-refractivity contribution is 0.575. The fourth-order valence-corrected chi connectivity index (χ4v) is 1.72. The summed E-state index contributed by atoms with van der Waals surface area (Å²) in [5.74, 6) is 0. The molecular weight excluding hydrogens is 179 g/mol. The van der Waals surface area contributed by atoms with Gasteiger partial charge in [0.05, 0.1) is 0 Å². The average Bonchev–Trinajstić information content (AvgIpc) is 2.35. The molecule has 0 aliphatic heterocycles. The van der Waals surface area contributed by atoms with E-state index in [1.165, 1.54) is 18.3 Å². The smallest absolute Gasteiger partial charge is 0.265 e. The summed E-state index contributed by atoms with van der Waals surface area (Å²) in [7, 11) is -0.631. The minimum Gasteiger partial charge on any atom is -0.307 e. The molecule has 0 saturated heterocycles. The molecule has 1 N–H and O–H groups in total. The molecule has 0 aromatic carbocycles. The Morgan fingerprint density at radius 1 is 1.67 bits per heavy atom. The predicted octanol–water partition coefficient (Wildman–Crippen LogP) is -1.24. The van der Waals surface area contributed by atoms with Crippen molar-refractivity contribution in [1.82, 2.24) is 19.4 Å². The van der Waals surface area contributed by atoms with E-state index in [0.717, 1.165) is 0 Å². The molecule has 6 nitrogen and oxygen atoms in total. The number of nitrogens with zero attached hydrogens (tertiary/aromatic N) is 3. The SMILES string of the molecule is C[B]NS(=O)(=O)c1nncn1C. The second-order valence-electron chi connectivity index (χ2n) is 2.13. The molecular formula is C4H8BN4O2S. The molecule has 0 saturated carbocycles. The number of rotatable bonds is 3. The maximum Gasteiger partial charge on any atom is 0.265 e. The molecule has 0 aliphatic carbocycles. The van der Waals surface area contributed by atoms with Crippen LogP contribution in [-0.4, -0.2) is 30.6 Å². The minimum absolute atomic E-state index is 0.0967. The fourth-order valence-electron chi connectivity index (χ4n) is 0.724. The van der Waals surface area contributed by atoms with Crippen molar-refractivity contribution in [2.75, 3.05) is 0 Å². The van der Waals surface area contributed by atoms with Crippen LogP contribution in [0.5, 0.6) is 0 Å². The van der Waals surface area contributed by atoms with E-state index in [2.05, 4.69) is 14.8 Å². The van der Waals surface area contributed by atoms with Crippen LogP contribution in [0.2, 0.25) is 6.82 Å². The maximum atomic E-state index is 11.2. The maximum absolute atomic E-state index is 11.2. The summed E-state index contributed by atoms with van der Waals surface area (Å²) in [6.45, 7) is 1.58. The van der Waals surface area contributed by atoms with Gasteiger partial charge in [-0.2, -0.15) is 0 Å². The Kier molecular flexibility index (Phi) is 2.48. The van der Waals surface area contributed by atoms with Crippen molar-refractivity contribution >= 4 is 17.4 Å². The number of hydrogen-bond donors (Lipinski definition) is 1. The summed E-state index contributed by atoms with van der Waals surface area (Å²) < 4.78 is 26.0. The molecule has 0 spiro atoms. The Balaban J connectivity index is 3.06. The van der Waals surface area contributed by atoms with Crippen molar-refractivity contribution < 1.29 is 8.42 Å². The first-order valence-corrected chi connectivity index (χ1v) is 4.70. The van der Waals surface area contributed by atoms with Crippen molar-refractivity contribution in [2.24, 2.45) is 7.05 Å². The molecule has 12 heavy (non-hydrogen) atoms. The van der Waals surface area contributed by atoms with Crippen LogP contribution in [0, 0.1) is 0 Å². The molecule has 8 heteroatoms. The normalized spacial score (nSPS) is 11.5. The standard InChI is InChI=1S/C4H8BN4O2S/c1-5-8-12(10,11)4-7-6-3-9(4)2/h3,8H,1-2H3. The lowest BCUT2D eigenvalue weighted by atomic mass is 10.0. The highest BCUT2D eigenvalue weighted by molar-refractivity contribution is 7.90. The molecule has 0 amide bonds. The molecule has 1 rings (SSSR count). The third kappa shape index (κ3) is 1.64. The summed E-state index contributed by atoms with van der Waals surface area (Å²) in [4.78, 5) is 0. The minimum atomic E-state index is -3.51.